The van der Waals surface area contributed by atoms with E-state index in [0.717, 1.165) is 70.6 Å². The Bertz CT molecular complexity index is 1020. The van der Waals surface area contributed by atoms with Crippen molar-refractivity contribution in [3.63, 3.8) is 0 Å². The van der Waals surface area contributed by atoms with Gasteiger partial charge in [-0.2, -0.15) is 0 Å². The molecule has 0 spiro atoms. The van der Waals surface area contributed by atoms with Crippen LogP contribution in [0.3, 0.4) is 0 Å². The molecule has 0 aromatic rings. The van der Waals surface area contributed by atoms with Gasteiger partial charge < -0.3 is 33.3 Å². The van der Waals surface area contributed by atoms with Gasteiger partial charge in [-0.3, -0.25) is 9.59 Å². The third-order valence-corrected chi connectivity index (χ3v) is 9.61. The number of carbonyl (C=O) groups is 3. The predicted molar refractivity (Wildman–Crippen MR) is 228 cm³/mol. The predicted octanol–water partition coefficient (Wildman–Crippen LogP) is 10.5. The lowest BCUT2D eigenvalue weighted by Crippen LogP contribution is -2.44. The first-order chi connectivity index (χ1) is 27.1. The van der Waals surface area contributed by atoms with E-state index < -0.39 is 24.3 Å². The van der Waals surface area contributed by atoms with Crippen molar-refractivity contribution < 1.29 is 42.9 Å². The van der Waals surface area contributed by atoms with E-state index in [4.69, 9.17) is 18.9 Å². The maximum Gasteiger partial charge on any atom is 0.306 e. The number of quaternary nitrogens is 1. The van der Waals surface area contributed by atoms with Crippen molar-refractivity contribution >= 4 is 17.9 Å². The van der Waals surface area contributed by atoms with Gasteiger partial charge >= 0.3 is 11.9 Å². The molecule has 0 aliphatic carbocycles. The second kappa shape index (κ2) is 39.3. The number of aliphatic carboxylic acids is 1. The summed E-state index contributed by atoms with van der Waals surface area (Å²) in [7, 11) is 5.90. The number of hydrogen-bond donors (Lipinski definition) is 0. The molecule has 0 aliphatic heterocycles. The molecule has 0 fully saturated rings. The number of rotatable bonds is 41. The highest BCUT2D eigenvalue weighted by molar-refractivity contribution is 5.70. The molecule has 0 radical (unpaired) electrons. The first-order valence-corrected chi connectivity index (χ1v) is 22.6. The molecule has 0 bridgehead atoms. The molecule has 0 N–H and O–H groups in total. The van der Waals surface area contributed by atoms with E-state index in [0.29, 0.717) is 17.4 Å². The van der Waals surface area contributed by atoms with Crippen LogP contribution in [-0.4, -0.2) is 82.3 Å². The summed E-state index contributed by atoms with van der Waals surface area (Å²) >= 11 is 0. The number of likely N-dealkylation sites (N-methyl/N-ethyl adjacent to an activating group) is 1. The summed E-state index contributed by atoms with van der Waals surface area (Å²) in [5.74, 6) is -2.31. The first kappa shape index (κ1) is 53.5. The highest BCUT2D eigenvalue weighted by atomic mass is 16.7. The van der Waals surface area contributed by atoms with Crippen LogP contribution in [0.1, 0.15) is 187 Å². The third kappa shape index (κ3) is 39.7. The highest BCUT2D eigenvalue weighted by Gasteiger charge is 2.21. The van der Waals surface area contributed by atoms with Gasteiger partial charge in [-0.15, -0.1) is 0 Å². The fraction of sp³-hybridized carbons (Fsp3) is 0.809. The van der Waals surface area contributed by atoms with Gasteiger partial charge in [-0.05, 0) is 70.6 Å². The van der Waals surface area contributed by atoms with Crippen molar-refractivity contribution in [3.8, 4) is 0 Å². The van der Waals surface area contributed by atoms with Crippen molar-refractivity contribution in [2.45, 2.75) is 200 Å². The van der Waals surface area contributed by atoms with Gasteiger partial charge in [0, 0.05) is 12.8 Å². The molecule has 9 nitrogen and oxygen atoms in total. The summed E-state index contributed by atoms with van der Waals surface area (Å²) in [6, 6.07) is 0. The molecule has 9 heteroatoms. The Balaban J connectivity index is 4.46. The number of esters is 2. The van der Waals surface area contributed by atoms with Crippen LogP contribution >= 0.6 is 0 Å². The molecule has 0 amide bonds. The van der Waals surface area contributed by atoms with Crippen LogP contribution < -0.4 is 5.11 Å². The van der Waals surface area contributed by atoms with E-state index in [1.165, 1.54) is 83.5 Å². The minimum Gasteiger partial charge on any atom is -0.545 e. The molecule has 0 saturated carbocycles. The zero-order chi connectivity index (χ0) is 41.4. The summed E-state index contributed by atoms with van der Waals surface area (Å²) in [6.07, 6.45) is 40.2. The number of carboxylic acid groups (broad SMARTS) is 1. The normalized spacial score (nSPS) is 13.2. The van der Waals surface area contributed by atoms with Crippen molar-refractivity contribution in [2.24, 2.45) is 0 Å². The topological polar surface area (TPSA) is 111 Å². The molecule has 2 atom stereocenters. The summed E-state index contributed by atoms with van der Waals surface area (Å²) in [6.45, 7) is 4.68. The Morgan fingerprint density at radius 2 is 0.964 bits per heavy atom. The van der Waals surface area contributed by atoms with Crippen LogP contribution in [0.2, 0.25) is 0 Å². The molecule has 0 aromatic heterocycles. The lowest BCUT2D eigenvalue weighted by molar-refractivity contribution is -0.870. The Hall–Kier alpha value is -2.49. The van der Waals surface area contributed by atoms with E-state index >= 15 is 0 Å². The van der Waals surface area contributed by atoms with Crippen molar-refractivity contribution in [2.75, 3.05) is 47.5 Å². The molecule has 326 valence electrons. The van der Waals surface area contributed by atoms with Gasteiger partial charge in [-0.25, -0.2) is 0 Å². The summed E-state index contributed by atoms with van der Waals surface area (Å²) in [5, 5.41) is 11.7. The minimum absolute atomic E-state index is 0.144. The SMILES string of the molecule is CCCCC/C=C\C/C=C\CCCCCCCCCC(=O)OC(COC(=O)CCCCCCC/C=C\CCCCCCC)COC(OCC[N+](C)(C)C)C(=O)[O-]. The minimum atomic E-state index is -1.62. The van der Waals surface area contributed by atoms with Crippen LogP contribution in [0, 0.1) is 0 Å². The maximum absolute atomic E-state index is 12.7. The van der Waals surface area contributed by atoms with Gasteiger partial charge in [0.15, 0.2) is 12.4 Å². The average Bonchev–Trinajstić information content (AvgIpc) is 3.15. The molecule has 0 saturated heterocycles. The third-order valence-electron chi connectivity index (χ3n) is 9.61. The maximum atomic E-state index is 12.7. The quantitative estimate of drug-likeness (QED) is 0.0198. The number of ether oxygens (including phenoxy) is 4. The highest BCUT2D eigenvalue weighted by Crippen LogP contribution is 2.13. The standard InChI is InChI=1S/C47H85NO8/c1-6-8-10-12-14-16-18-20-22-23-24-26-28-30-32-34-36-38-45(50)56-43(42-55-47(46(51)52)53-40-39-48(3,4)5)41-54-44(49)37-35-33-31-29-27-25-21-19-17-15-13-11-9-7-2/h14,16,19-22,43,47H,6-13,15,17-18,23-42H2,1-5H3/b16-14-,21-19-,22-20-. The van der Waals surface area contributed by atoms with Gasteiger partial charge in [0.1, 0.15) is 13.2 Å². The van der Waals surface area contributed by atoms with E-state index in [1.807, 2.05) is 21.1 Å². The molecule has 0 heterocycles. The van der Waals surface area contributed by atoms with E-state index in [-0.39, 0.29) is 38.6 Å². The molecular formula is C47H85NO8. The Morgan fingerprint density at radius 1 is 0.536 bits per heavy atom. The number of carbonyl (C=O) groups excluding carboxylic acids is 3. The molecule has 56 heavy (non-hydrogen) atoms. The first-order valence-electron chi connectivity index (χ1n) is 22.6. The van der Waals surface area contributed by atoms with Crippen molar-refractivity contribution in [1.29, 1.82) is 0 Å². The molecule has 0 aromatic carbocycles. The van der Waals surface area contributed by atoms with Crippen LogP contribution in [-0.2, 0) is 33.3 Å². The number of allylic oxidation sites excluding steroid dienone is 6. The van der Waals surface area contributed by atoms with Gasteiger partial charge in [0.2, 0.25) is 0 Å². The second-order valence-electron chi connectivity index (χ2n) is 16.3. The number of nitrogens with zero attached hydrogens (tertiary/aromatic N) is 1. The number of carboxylic acids is 1. The lowest BCUT2D eigenvalue weighted by atomic mass is 10.1. The fourth-order valence-corrected chi connectivity index (χ4v) is 6.03. The van der Waals surface area contributed by atoms with Crippen LogP contribution in [0.25, 0.3) is 0 Å². The van der Waals surface area contributed by atoms with Crippen molar-refractivity contribution in [3.05, 3.63) is 36.5 Å². The smallest absolute Gasteiger partial charge is 0.306 e. The zero-order valence-corrected chi connectivity index (χ0v) is 36.8. The fourth-order valence-electron chi connectivity index (χ4n) is 6.03. The van der Waals surface area contributed by atoms with Crippen LogP contribution in [0.5, 0.6) is 0 Å². The monoisotopic (exact) mass is 792 g/mol. The Morgan fingerprint density at radius 3 is 1.46 bits per heavy atom. The van der Waals surface area contributed by atoms with E-state index in [1.54, 1.807) is 0 Å². The van der Waals surface area contributed by atoms with Gasteiger partial charge in [0.05, 0.1) is 40.3 Å². The number of unbranched alkanes of at least 4 members (excludes halogenated alkanes) is 20. The molecule has 0 rings (SSSR count). The van der Waals surface area contributed by atoms with Crippen molar-refractivity contribution in [1.82, 2.24) is 0 Å². The lowest BCUT2D eigenvalue weighted by Gasteiger charge is -2.26. The molecule has 2 unspecified atom stereocenters. The number of hydrogen-bond acceptors (Lipinski definition) is 8. The summed E-state index contributed by atoms with van der Waals surface area (Å²) < 4.78 is 22.5. The molecule has 0 aliphatic rings. The van der Waals surface area contributed by atoms with Crippen LogP contribution in [0.4, 0.5) is 0 Å². The Kier molecular flexibility index (Phi) is 37.6. The zero-order valence-electron chi connectivity index (χ0n) is 36.8. The molecular weight excluding hydrogens is 707 g/mol. The Labute approximate surface area is 343 Å². The summed E-state index contributed by atoms with van der Waals surface area (Å²) in [5.41, 5.74) is 0. The van der Waals surface area contributed by atoms with Gasteiger partial charge in [-0.1, -0.05) is 140 Å². The van der Waals surface area contributed by atoms with E-state index in [9.17, 15) is 19.5 Å². The van der Waals surface area contributed by atoms with E-state index in [2.05, 4.69) is 50.3 Å². The largest absolute Gasteiger partial charge is 0.545 e. The summed E-state index contributed by atoms with van der Waals surface area (Å²) in [4.78, 5) is 37.0. The van der Waals surface area contributed by atoms with Crippen LogP contribution in [0.15, 0.2) is 36.5 Å². The average molecular weight is 792 g/mol. The van der Waals surface area contributed by atoms with Gasteiger partial charge in [0.25, 0.3) is 0 Å². The second-order valence-corrected chi connectivity index (χ2v) is 16.3.